The number of para-hydroxylation sites is 1. The van der Waals surface area contributed by atoms with Crippen LogP contribution in [0.2, 0.25) is 0 Å². The summed E-state index contributed by atoms with van der Waals surface area (Å²) in [5, 5.41) is 13.3. The second-order valence-electron chi connectivity index (χ2n) is 8.11. The predicted molar refractivity (Wildman–Crippen MR) is 129 cm³/mol. The van der Waals surface area contributed by atoms with E-state index in [9.17, 15) is 9.90 Å². The summed E-state index contributed by atoms with van der Waals surface area (Å²) in [5.41, 5.74) is 4.57. The topological polar surface area (TPSA) is 65.5 Å². The first-order chi connectivity index (χ1) is 15.0. The van der Waals surface area contributed by atoms with Crippen LogP contribution in [-0.2, 0) is 0 Å². The van der Waals surface area contributed by atoms with E-state index in [2.05, 4.69) is 27.8 Å². The summed E-state index contributed by atoms with van der Waals surface area (Å²) in [6.45, 7) is 9.99. The van der Waals surface area contributed by atoms with Crippen molar-refractivity contribution in [3.05, 3.63) is 53.7 Å². The summed E-state index contributed by atoms with van der Waals surface area (Å²) in [6.07, 6.45) is 7.75. The van der Waals surface area contributed by atoms with Gasteiger partial charge in [-0.1, -0.05) is 45.6 Å². The van der Waals surface area contributed by atoms with Gasteiger partial charge in [-0.3, -0.25) is 4.79 Å². The molecule has 2 heterocycles. The van der Waals surface area contributed by atoms with E-state index in [0.717, 1.165) is 66.0 Å². The molecular formula is C26H35N3O2. The van der Waals surface area contributed by atoms with Gasteiger partial charge in [0.1, 0.15) is 5.82 Å². The monoisotopic (exact) mass is 421 g/mol. The van der Waals surface area contributed by atoms with Gasteiger partial charge in [0.25, 0.3) is 0 Å². The van der Waals surface area contributed by atoms with Gasteiger partial charge in [-0.2, -0.15) is 0 Å². The van der Waals surface area contributed by atoms with Crippen molar-refractivity contribution in [2.24, 2.45) is 0 Å². The van der Waals surface area contributed by atoms with E-state index in [1.54, 1.807) is 0 Å². The van der Waals surface area contributed by atoms with Gasteiger partial charge in [0.05, 0.1) is 23.4 Å². The van der Waals surface area contributed by atoms with Crippen molar-refractivity contribution in [2.75, 3.05) is 17.3 Å². The number of benzene rings is 1. The highest BCUT2D eigenvalue weighted by Gasteiger charge is 2.32. The van der Waals surface area contributed by atoms with E-state index >= 15 is 0 Å². The molecule has 0 saturated heterocycles. The van der Waals surface area contributed by atoms with Crippen LogP contribution < -0.4 is 10.2 Å². The fourth-order valence-corrected chi connectivity index (χ4v) is 4.68. The lowest BCUT2D eigenvalue weighted by Crippen LogP contribution is -2.28. The van der Waals surface area contributed by atoms with E-state index in [1.807, 2.05) is 58.3 Å². The van der Waals surface area contributed by atoms with Gasteiger partial charge in [-0.25, -0.2) is 4.98 Å². The quantitative estimate of drug-likeness (QED) is 0.641. The molecule has 1 aromatic carbocycles. The van der Waals surface area contributed by atoms with Crippen LogP contribution in [0.5, 0.6) is 0 Å². The molecule has 0 radical (unpaired) electrons. The van der Waals surface area contributed by atoms with Crippen LogP contribution in [0.4, 0.5) is 17.2 Å². The van der Waals surface area contributed by atoms with Crippen molar-refractivity contribution >= 4 is 29.1 Å². The highest BCUT2D eigenvalue weighted by atomic mass is 16.3. The van der Waals surface area contributed by atoms with Gasteiger partial charge in [0.15, 0.2) is 5.78 Å². The Morgan fingerprint density at radius 2 is 1.97 bits per heavy atom. The molecule has 31 heavy (non-hydrogen) atoms. The number of hydrogen-bond acceptors (Lipinski definition) is 5. The Hall–Kier alpha value is -2.66. The molecule has 1 unspecified atom stereocenters. The molecular weight excluding hydrogens is 386 g/mol. The molecule has 1 aromatic heterocycles. The minimum atomic E-state index is -0.208. The van der Waals surface area contributed by atoms with E-state index in [0.29, 0.717) is 6.04 Å². The zero-order valence-electron chi connectivity index (χ0n) is 19.2. The Balaban J connectivity index is 0.00000132. The lowest BCUT2D eigenvalue weighted by molar-refractivity contribution is 0.0959. The summed E-state index contributed by atoms with van der Waals surface area (Å²) in [4.78, 5) is 20.1. The van der Waals surface area contributed by atoms with Crippen molar-refractivity contribution in [2.45, 2.75) is 70.9 Å². The normalized spacial score (nSPS) is 22.4. The SMILES string of the molecule is C=Cc1cccc2c1N(C)c1cc(NC3CCC(O)CC3)ncc1C(CC)C2=O.CC. The molecule has 1 saturated carbocycles. The highest BCUT2D eigenvalue weighted by Crippen LogP contribution is 2.43. The fourth-order valence-electron chi connectivity index (χ4n) is 4.68. The van der Waals surface area contributed by atoms with Crippen LogP contribution in [0.3, 0.4) is 0 Å². The predicted octanol–water partition coefficient (Wildman–Crippen LogP) is 5.92. The van der Waals surface area contributed by atoms with Gasteiger partial charge in [0.2, 0.25) is 0 Å². The molecule has 0 bridgehead atoms. The standard InChI is InChI=1S/C24H29N3O2.C2H6/c1-4-15-7-6-8-19-23(15)27(3)21-13-22(26-16-9-11-17(28)12-10-16)25-14-20(21)18(5-2)24(19)29;1-2/h4,6-8,13-14,16-18,28H,1,5,9-12H2,2-3H3,(H,25,26);1-2H3. The van der Waals surface area contributed by atoms with Crippen molar-refractivity contribution in [3.8, 4) is 0 Å². The average Bonchev–Trinajstić information content (AvgIpc) is 2.90. The molecule has 2 N–H and O–H groups in total. The number of Topliss-reactive ketones (excluding diaryl/α,β-unsaturated/α-hetero) is 1. The number of carbonyl (C=O) groups excluding carboxylic acids is 1. The first-order valence-electron chi connectivity index (χ1n) is 11.5. The first kappa shape index (κ1) is 23.0. The Bertz CT molecular complexity index is 932. The minimum absolute atomic E-state index is 0.139. The van der Waals surface area contributed by atoms with Gasteiger partial charge >= 0.3 is 0 Å². The maximum atomic E-state index is 13.3. The zero-order chi connectivity index (χ0) is 22.5. The number of rotatable bonds is 4. The number of aliphatic hydroxyl groups excluding tert-OH is 1. The number of fused-ring (bicyclic) bond motifs is 2. The molecule has 5 nitrogen and oxygen atoms in total. The fraction of sp³-hybridized carbons (Fsp3) is 0.462. The second-order valence-corrected chi connectivity index (χ2v) is 8.11. The summed E-state index contributed by atoms with van der Waals surface area (Å²) in [6, 6.07) is 8.21. The molecule has 0 amide bonds. The maximum absolute atomic E-state index is 13.3. The smallest absolute Gasteiger partial charge is 0.172 e. The van der Waals surface area contributed by atoms with Crippen molar-refractivity contribution in [1.29, 1.82) is 0 Å². The number of aromatic nitrogens is 1. The number of anilines is 3. The van der Waals surface area contributed by atoms with Crippen LogP contribution in [-0.4, -0.2) is 35.1 Å². The summed E-state index contributed by atoms with van der Waals surface area (Å²) >= 11 is 0. The van der Waals surface area contributed by atoms with Crippen molar-refractivity contribution in [3.63, 3.8) is 0 Å². The maximum Gasteiger partial charge on any atom is 0.172 e. The molecule has 1 aliphatic carbocycles. The van der Waals surface area contributed by atoms with Crippen LogP contribution in [0.15, 0.2) is 37.0 Å². The Kier molecular flexibility index (Phi) is 7.50. The molecule has 166 valence electrons. The zero-order valence-corrected chi connectivity index (χ0v) is 19.2. The Morgan fingerprint density at radius 1 is 1.26 bits per heavy atom. The van der Waals surface area contributed by atoms with Crippen LogP contribution >= 0.6 is 0 Å². The van der Waals surface area contributed by atoms with E-state index in [1.165, 1.54) is 0 Å². The number of nitrogens with one attached hydrogen (secondary N) is 1. The number of nitrogens with zero attached hydrogens (tertiary/aromatic N) is 2. The highest BCUT2D eigenvalue weighted by molar-refractivity contribution is 6.09. The van der Waals surface area contributed by atoms with Crippen LogP contribution in [0.1, 0.15) is 80.3 Å². The van der Waals surface area contributed by atoms with Crippen LogP contribution in [0, 0.1) is 0 Å². The summed E-state index contributed by atoms with van der Waals surface area (Å²) in [7, 11) is 2.01. The number of hydrogen-bond donors (Lipinski definition) is 2. The molecule has 5 heteroatoms. The molecule has 2 aromatic rings. The van der Waals surface area contributed by atoms with Crippen LogP contribution in [0.25, 0.3) is 6.08 Å². The lowest BCUT2D eigenvalue weighted by atomic mass is 9.89. The molecule has 2 aliphatic rings. The van der Waals surface area contributed by atoms with E-state index < -0.39 is 0 Å². The molecule has 1 aliphatic heterocycles. The van der Waals surface area contributed by atoms with E-state index in [-0.39, 0.29) is 17.8 Å². The van der Waals surface area contributed by atoms with Gasteiger partial charge in [-0.05, 0) is 43.7 Å². The summed E-state index contributed by atoms with van der Waals surface area (Å²) < 4.78 is 0. The Labute approximate surface area is 186 Å². The lowest BCUT2D eigenvalue weighted by Gasteiger charge is -2.28. The van der Waals surface area contributed by atoms with Gasteiger partial charge < -0.3 is 15.3 Å². The van der Waals surface area contributed by atoms with Gasteiger partial charge in [0, 0.05) is 36.5 Å². The van der Waals surface area contributed by atoms with Gasteiger partial charge in [-0.15, -0.1) is 0 Å². The van der Waals surface area contributed by atoms with Crippen molar-refractivity contribution in [1.82, 2.24) is 4.98 Å². The third-order valence-electron chi connectivity index (χ3n) is 6.31. The third kappa shape index (κ3) is 4.52. The third-order valence-corrected chi connectivity index (χ3v) is 6.31. The second kappa shape index (κ2) is 10.1. The van der Waals surface area contributed by atoms with Crippen molar-refractivity contribution < 1.29 is 9.90 Å². The molecule has 4 rings (SSSR count). The molecule has 1 atom stereocenters. The average molecular weight is 422 g/mol. The number of pyridine rings is 1. The van der Waals surface area contributed by atoms with E-state index in [4.69, 9.17) is 0 Å². The largest absolute Gasteiger partial charge is 0.393 e. The Morgan fingerprint density at radius 3 is 2.61 bits per heavy atom. The summed E-state index contributed by atoms with van der Waals surface area (Å²) in [5.74, 6) is 0.750. The number of aliphatic hydroxyl groups is 1. The first-order valence-corrected chi connectivity index (χ1v) is 11.5. The molecule has 0 spiro atoms. The number of ketones is 1. The minimum Gasteiger partial charge on any atom is -0.393 e. The number of carbonyl (C=O) groups is 1. The molecule has 1 fully saturated rings.